The fourth-order valence-corrected chi connectivity index (χ4v) is 2.64. The Morgan fingerprint density at radius 3 is 2.71 bits per heavy atom. The molecule has 2 rings (SSSR count). The molecule has 0 bridgehead atoms. The van der Waals surface area contributed by atoms with Crippen molar-refractivity contribution < 1.29 is 4.79 Å². The van der Waals surface area contributed by atoms with Crippen LogP contribution in [-0.2, 0) is 7.05 Å². The molecular formula is C11H10BrN3OS. The quantitative estimate of drug-likeness (QED) is 0.645. The second-order valence-corrected chi connectivity index (χ2v) is 4.98. The molecule has 0 spiro atoms. The first-order valence-corrected chi connectivity index (χ1v) is 6.89. The monoisotopic (exact) mass is 311 g/mol. The van der Waals surface area contributed by atoms with E-state index < -0.39 is 0 Å². The van der Waals surface area contributed by atoms with Crippen molar-refractivity contribution in [1.82, 2.24) is 15.0 Å². The molecule has 0 aliphatic carbocycles. The van der Waals surface area contributed by atoms with E-state index in [1.165, 1.54) is 4.68 Å². The lowest BCUT2D eigenvalue weighted by Crippen LogP contribution is -2.09. The van der Waals surface area contributed by atoms with Gasteiger partial charge in [0.15, 0.2) is 4.60 Å². The third-order valence-corrected chi connectivity index (χ3v) is 3.68. The normalized spacial score (nSPS) is 10.5. The van der Waals surface area contributed by atoms with E-state index in [2.05, 4.69) is 26.2 Å². The van der Waals surface area contributed by atoms with E-state index in [4.69, 9.17) is 0 Å². The molecule has 88 valence electrons. The van der Waals surface area contributed by atoms with Crippen LogP contribution in [0.4, 0.5) is 0 Å². The maximum absolute atomic E-state index is 12.4. The molecule has 1 aromatic heterocycles. The molecule has 1 aromatic carbocycles. The van der Waals surface area contributed by atoms with Gasteiger partial charge in [-0.2, -0.15) is 0 Å². The topological polar surface area (TPSA) is 47.8 Å². The van der Waals surface area contributed by atoms with Gasteiger partial charge in [0, 0.05) is 17.5 Å². The molecule has 0 aliphatic heterocycles. The molecule has 0 N–H and O–H groups in total. The van der Waals surface area contributed by atoms with Gasteiger partial charge in [0.2, 0.25) is 5.78 Å². The number of aryl methyl sites for hydroxylation is 1. The highest BCUT2D eigenvalue weighted by Crippen LogP contribution is 2.24. The molecule has 0 atom stereocenters. The van der Waals surface area contributed by atoms with Gasteiger partial charge < -0.3 is 0 Å². The first-order valence-electron chi connectivity index (χ1n) is 4.88. The molecule has 0 unspecified atom stereocenters. The first kappa shape index (κ1) is 12.3. The van der Waals surface area contributed by atoms with Crippen molar-refractivity contribution in [3.8, 4) is 0 Å². The number of benzene rings is 1. The lowest BCUT2D eigenvalue weighted by atomic mass is 10.1. The Labute approximate surface area is 112 Å². The molecule has 17 heavy (non-hydrogen) atoms. The fourth-order valence-electron chi connectivity index (χ4n) is 1.53. The number of rotatable bonds is 3. The van der Waals surface area contributed by atoms with E-state index in [1.807, 2.05) is 30.5 Å². The number of nitrogens with zero attached hydrogens (tertiary/aromatic N) is 3. The molecule has 1 heterocycles. The highest BCUT2D eigenvalue weighted by Gasteiger charge is 2.20. The third-order valence-electron chi connectivity index (χ3n) is 2.35. The minimum absolute atomic E-state index is 0.0747. The van der Waals surface area contributed by atoms with Crippen LogP contribution in [0.2, 0.25) is 0 Å². The highest BCUT2D eigenvalue weighted by molar-refractivity contribution is 9.10. The predicted octanol–water partition coefficient (Wildman–Crippen LogP) is 2.53. The zero-order chi connectivity index (χ0) is 12.4. The van der Waals surface area contributed by atoms with Crippen LogP contribution >= 0.6 is 27.7 Å². The Morgan fingerprint density at radius 1 is 1.41 bits per heavy atom. The van der Waals surface area contributed by atoms with Gasteiger partial charge in [-0.3, -0.25) is 4.79 Å². The van der Waals surface area contributed by atoms with Gasteiger partial charge in [-0.1, -0.05) is 17.3 Å². The van der Waals surface area contributed by atoms with Crippen LogP contribution in [0, 0.1) is 0 Å². The first-order chi connectivity index (χ1) is 8.15. The van der Waals surface area contributed by atoms with Gasteiger partial charge in [0.05, 0.1) is 0 Å². The van der Waals surface area contributed by atoms with Crippen LogP contribution in [-0.4, -0.2) is 27.0 Å². The van der Waals surface area contributed by atoms with Gasteiger partial charge in [0.1, 0.15) is 5.69 Å². The van der Waals surface area contributed by atoms with Gasteiger partial charge in [-0.15, -0.1) is 16.9 Å². The summed E-state index contributed by atoms with van der Waals surface area (Å²) in [6.07, 6.45) is 1.95. The summed E-state index contributed by atoms with van der Waals surface area (Å²) in [6, 6.07) is 7.51. The Balaban J connectivity index is 2.51. The lowest BCUT2D eigenvalue weighted by molar-refractivity contribution is 0.102. The number of halogens is 1. The summed E-state index contributed by atoms with van der Waals surface area (Å²) >= 11 is 4.79. The second kappa shape index (κ2) is 5.01. The number of hydrogen-bond acceptors (Lipinski definition) is 4. The zero-order valence-electron chi connectivity index (χ0n) is 9.35. The van der Waals surface area contributed by atoms with Crippen molar-refractivity contribution in [1.29, 1.82) is 0 Å². The maximum Gasteiger partial charge on any atom is 0.215 e. The number of carbonyl (C=O) groups excluding carboxylic acids is 1. The fraction of sp³-hybridized carbons (Fsp3) is 0.182. The molecule has 6 heteroatoms. The van der Waals surface area contributed by atoms with Crippen molar-refractivity contribution in [2.75, 3.05) is 6.26 Å². The van der Waals surface area contributed by atoms with Gasteiger partial charge in [-0.05, 0) is 34.3 Å². The summed E-state index contributed by atoms with van der Waals surface area (Å²) in [4.78, 5) is 13.3. The zero-order valence-corrected chi connectivity index (χ0v) is 11.7. The van der Waals surface area contributed by atoms with E-state index in [9.17, 15) is 4.79 Å². The Bertz CT molecular complexity index is 548. The van der Waals surface area contributed by atoms with Gasteiger partial charge in [0.25, 0.3) is 0 Å². The minimum Gasteiger partial charge on any atom is -0.287 e. The summed E-state index contributed by atoms with van der Waals surface area (Å²) in [5.74, 6) is -0.0747. The maximum atomic E-state index is 12.4. The predicted molar refractivity (Wildman–Crippen MR) is 70.4 cm³/mol. The van der Waals surface area contributed by atoms with Crippen LogP contribution in [0.1, 0.15) is 16.1 Å². The number of ketones is 1. The van der Waals surface area contributed by atoms with Gasteiger partial charge in [-0.25, -0.2) is 4.68 Å². The van der Waals surface area contributed by atoms with Crippen LogP contribution < -0.4 is 0 Å². The molecule has 0 radical (unpaired) electrons. The summed E-state index contributed by atoms with van der Waals surface area (Å²) in [5.41, 5.74) is 1.14. The number of hydrogen-bond donors (Lipinski definition) is 0. The third kappa shape index (κ3) is 2.28. The van der Waals surface area contributed by atoms with Crippen LogP contribution in [0.25, 0.3) is 0 Å². The van der Waals surface area contributed by atoms with E-state index in [0.717, 1.165) is 4.90 Å². The van der Waals surface area contributed by atoms with E-state index in [-0.39, 0.29) is 5.78 Å². The van der Waals surface area contributed by atoms with E-state index in [0.29, 0.717) is 15.9 Å². The number of thioether (sulfide) groups is 1. The summed E-state index contributed by atoms with van der Waals surface area (Å²) in [6.45, 7) is 0. The van der Waals surface area contributed by atoms with Crippen molar-refractivity contribution in [3.63, 3.8) is 0 Å². The molecule has 0 saturated carbocycles. The van der Waals surface area contributed by atoms with Crippen LogP contribution in [0.5, 0.6) is 0 Å². The average Bonchev–Trinajstić information content (AvgIpc) is 2.68. The van der Waals surface area contributed by atoms with Gasteiger partial charge >= 0.3 is 0 Å². The molecule has 0 aliphatic rings. The molecular weight excluding hydrogens is 302 g/mol. The van der Waals surface area contributed by atoms with Crippen molar-refractivity contribution >= 4 is 33.5 Å². The molecule has 4 nitrogen and oxygen atoms in total. The van der Waals surface area contributed by atoms with Crippen molar-refractivity contribution in [2.45, 2.75) is 4.90 Å². The second-order valence-electron chi connectivity index (χ2n) is 3.38. The molecule has 2 aromatic rings. The molecule has 0 fully saturated rings. The highest BCUT2D eigenvalue weighted by atomic mass is 79.9. The Morgan fingerprint density at radius 2 is 2.12 bits per heavy atom. The smallest absolute Gasteiger partial charge is 0.215 e. The SMILES string of the molecule is CSc1ccccc1C(=O)c1c(Br)nnn1C. The van der Waals surface area contributed by atoms with E-state index >= 15 is 0 Å². The van der Waals surface area contributed by atoms with E-state index in [1.54, 1.807) is 18.8 Å². The summed E-state index contributed by atoms with van der Waals surface area (Å²) < 4.78 is 1.95. The Kier molecular flexibility index (Phi) is 3.63. The largest absolute Gasteiger partial charge is 0.287 e. The molecule has 0 amide bonds. The number of aromatic nitrogens is 3. The van der Waals surface area contributed by atoms with Crippen LogP contribution in [0.15, 0.2) is 33.8 Å². The van der Waals surface area contributed by atoms with Crippen LogP contribution in [0.3, 0.4) is 0 Å². The van der Waals surface area contributed by atoms with Crippen molar-refractivity contribution in [3.05, 3.63) is 40.1 Å². The lowest BCUT2D eigenvalue weighted by Gasteiger charge is -2.05. The molecule has 0 saturated heterocycles. The standard InChI is InChI=1S/C11H10BrN3OS/c1-15-9(11(12)13-14-15)10(16)7-5-3-4-6-8(7)17-2/h3-6H,1-2H3. The number of carbonyl (C=O) groups is 1. The Hall–Kier alpha value is -1.14. The average molecular weight is 312 g/mol. The minimum atomic E-state index is -0.0747. The van der Waals surface area contributed by atoms with Crippen molar-refractivity contribution in [2.24, 2.45) is 7.05 Å². The summed E-state index contributed by atoms with van der Waals surface area (Å²) in [5, 5.41) is 7.63. The summed E-state index contributed by atoms with van der Waals surface area (Å²) in [7, 11) is 1.70.